The van der Waals surface area contributed by atoms with Gasteiger partial charge in [-0.1, -0.05) is 36.4 Å². The summed E-state index contributed by atoms with van der Waals surface area (Å²) in [4.78, 5) is 4.65. The minimum Gasteiger partial charge on any atom is -0.283 e. The topological polar surface area (TPSA) is 133 Å². The molecule has 1 aliphatic rings. The van der Waals surface area contributed by atoms with E-state index in [2.05, 4.69) is 39.6 Å². The fraction of sp³-hybridized carbons (Fsp3) is 0.125. The van der Waals surface area contributed by atoms with Crippen LogP contribution >= 0.6 is 24.4 Å². The molecule has 1 aromatic rings. The molecule has 12 heteroatoms. The Morgan fingerprint density at radius 1 is 0.964 bits per heavy atom. The van der Waals surface area contributed by atoms with Crippen molar-refractivity contribution >= 4 is 61.1 Å². The number of isothiocyanates is 2. The lowest BCUT2D eigenvalue weighted by Crippen LogP contribution is -2.54. The highest BCUT2D eigenvalue weighted by Crippen LogP contribution is 2.41. The van der Waals surface area contributed by atoms with Gasteiger partial charge in [-0.05, 0) is 54.3 Å². The van der Waals surface area contributed by atoms with Crippen molar-refractivity contribution in [3.63, 3.8) is 0 Å². The summed E-state index contributed by atoms with van der Waals surface area (Å²) < 4.78 is 66.8. The first kappa shape index (κ1) is 22.2. The van der Waals surface area contributed by atoms with Gasteiger partial charge in [0.15, 0.2) is 5.54 Å². The fourth-order valence-corrected chi connectivity index (χ4v) is 4.70. The summed E-state index contributed by atoms with van der Waals surface area (Å²) >= 11 is 9.15. The third-order valence-electron chi connectivity index (χ3n) is 3.91. The monoisotopic (exact) mass is 456 g/mol. The maximum absolute atomic E-state index is 12.2. The van der Waals surface area contributed by atoms with Crippen molar-refractivity contribution in [2.24, 2.45) is 9.98 Å². The molecule has 1 aromatic carbocycles. The number of nitrogens with zero attached hydrogens (tertiary/aromatic N) is 2. The molecule has 0 spiro atoms. The summed E-state index contributed by atoms with van der Waals surface area (Å²) in [5, 5.41) is 3.98. The molecule has 2 rings (SSSR count). The molecule has 28 heavy (non-hydrogen) atoms. The Labute approximate surface area is 172 Å². The van der Waals surface area contributed by atoms with Gasteiger partial charge in [-0.3, -0.25) is 9.11 Å². The van der Waals surface area contributed by atoms with Gasteiger partial charge in [-0.25, -0.2) is 4.99 Å². The van der Waals surface area contributed by atoms with E-state index in [1.54, 1.807) is 0 Å². The van der Waals surface area contributed by atoms with E-state index in [-0.39, 0.29) is 5.56 Å². The lowest BCUT2D eigenvalue weighted by Gasteiger charge is -2.37. The Balaban J connectivity index is 2.83. The Kier molecular flexibility index (Phi) is 6.39. The third kappa shape index (κ3) is 4.00. The Morgan fingerprint density at radius 2 is 1.57 bits per heavy atom. The van der Waals surface area contributed by atoms with Crippen LogP contribution in [0.1, 0.15) is 5.56 Å². The maximum atomic E-state index is 12.2. The van der Waals surface area contributed by atoms with E-state index in [4.69, 9.17) is 0 Å². The molecule has 0 aliphatic heterocycles. The van der Waals surface area contributed by atoms with Gasteiger partial charge >= 0.3 is 0 Å². The molecule has 2 N–H and O–H groups in total. The number of benzene rings is 1. The third-order valence-corrected chi connectivity index (χ3v) is 6.36. The van der Waals surface area contributed by atoms with Crippen LogP contribution < -0.4 is 0 Å². The van der Waals surface area contributed by atoms with Gasteiger partial charge in [-0.15, -0.1) is 0 Å². The molecular formula is C16H12N2O6S4. The van der Waals surface area contributed by atoms with Gasteiger partial charge in [0.05, 0.1) is 10.3 Å². The molecule has 0 bridgehead atoms. The minimum atomic E-state index is -4.96. The average Bonchev–Trinajstić information content (AvgIpc) is 2.61. The molecule has 1 aliphatic carbocycles. The van der Waals surface area contributed by atoms with Crippen molar-refractivity contribution in [3.8, 4) is 0 Å². The molecule has 0 aromatic heterocycles. The molecule has 8 nitrogen and oxygen atoms in total. The molecule has 2 atom stereocenters. The van der Waals surface area contributed by atoms with E-state index in [0.717, 1.165) is 18.2 Å². The summed E-state index contributed by atoms with van der Waals surface area (Å²) in [6.07, 6.45) is 7.39. The number of hydrogen-bond acceptors (Lipinski definition) is 8. The molecule has 0 radical (unpaired) electrons. The van der Waals surface area contributed by atoms with Crippen molar-refractivity contribution in [2.75, 3.05) is 0 Å². The van der Waals surface area contributed by atoms with Gasteiger partial charge in [0.25, 0.3) is 20.2 Å². The second kappa shape index (κ2) is 8.08. The summed E-state index contributed by atoms with van der Waals surface area (Å²) in [5.74, 6) is 0. The smallest absolute Gasteiger partial charge is 0.283 e. The molecule has 0 saturated carbocycles. The van der Waals surface area contributed by atoms with Crippen molar-refractivity contribution in [2.45, 2.75) is 15.3 Å². The zero-order chi connectivity index (χ0) is 21.1. The average molecular weight is 457 g/mol. The van der Waals surface area contributed by atoms with Crippen LogP contribution in [0.3, 0.4) is 0 Å². The van der Waals surface area contributed by atoms with Crippen LogP contribution in [0.5, 0.6) is 0 Å². The predicted octanol–water partition coefficient (Wildman–Crippen LogP) is 2.60. The van der Waals surface area contributed by atoms with Crippen molar-refractivity contribution < 1.29 is 25.9 Å². The van der Waals surface area contributed by atoms with Crippen molar-refractivity contribution in [3.05, 3.63) is 60.2 Å². The number of allylic oxidation sites excluding steroid dienone is 2. The van der Waals surface area contributed by atoms with Crippen LogP contribution in [0.15, 0.2) is 69.5 Å². The molecule has 0 saturated heterocycles. The standard InChI is InChI=1S/C16H12N2O6S4/c19-27(20,21)14-6-2-1-5-13(14)7-10-15(17-11-25)8-3-4-9-16(15,18-12-26)28(22,23)24/h1-10H,(H,19,20,21)(H,22,23,24). The second-order valence-electron chi connectivity index (χ2n) is 5.47. The Morgan fingerprint density at radius 3 is 2.14 bits per heavy atom. The number of aliphatic imine (C=N–C) groups is 2. The van der Waals surface area contributed by atoms with Crippen LogP contribution in [-0.2, 0) is 20.2 Å². The summed E-state index contributed by atoms with van der Waals surface area (Å²) in [6.45, 7) is 0. The molecule has 0 heterocycles. The van der Waals surface area contributed by atoms with Gasteiger partial charge in [0.2, 0.25) is 4.87 Å². The van der Waals surface area contributed by atoms with Gasteiger partial charge in [0, 0.05) is 0 Å². The highest BCUT2D eigenvalue weighted by molar-refractivity contribution is 7.87. The Bertz CT molecular complexity index is 1190. The molecular weight excluding hydrogens is 444 g/mol. The first-order valence-electron chi connectivity index (χ1n) is 7.31. The van der Waals surface area contributed by atoms with Crippen LogP contribution in [-0.4, -0.2) is 46.7 Å². The van der Waals surface area contributed by atoms with E-state index in [9.17, 15) is 25.9 Å². The maximum Gasteiger partial charge on any atom is 0.299 e. The largest absolute Gasteiger partial charge is 0.299 e. The van der Waals surface area contributed by atoms with Gasteiger partial charge < -0.3 is 0 Å². The Hall–Kier alpha value is -2.14. The zero-order valence-corrected chi connectivity index (χ0v) is 17.1. The highest BCUT2D eigenvalue weighted by atomic mass is 32.2. The first-order chi connectivity index (χ1) is 13.0. The number of hydrogen-bond donors (Lipinski definition) is 2. The highest BCUT2D eigenvalue weighted by Gasteiger charge is 2.58. The lowest BCUT2D eigenvalue weighted by molar-refractivity contribution is 0.411. The second-order valence-corrected chi connectivity index (χ2v) is 8.80. The SMILES string of the molecule is O=S(=O)(O)c1ccccc1C=CC1(N=C=S)C=CC=CC1(N=C=S)S(=O)(=O)O. The van der Waals surface area contributed by atoms with E-state index in [1.807, 2.05) is 5.16 Å². The van der Waals surface area contributed by atoms with Crippen LogP contribution in [0.25, 0.3) is 6.08 Å². The van der Waals surface area contributed by atoms with Gasteiger partial charge in [0.1, 0.15) is 4.90 Å². The normalized spacial score (nSPS) is 24.5. The van der Waals surface area contributed by atoms with Crippen LogP contribution in [0.2, 0.25) is 0 Å². The number of rotatable bonds is 6. The van der Waals surface area contributed by atoms with Crippen LogP contribution in [0, 0.1) is 0 Å². The van der Waals surface area contributed by atoms with E-state index >= 15 is 0 Å². The van der Waals surface area contributed by atoms with Crippen molar-refractivity contribution in [1.82, 2.24) is 0 Å². The summed E-state index contributed by atoms with van der Waals surface area (Å²) in [7, 11) is -9.51. The minimum absolute atomic E-state index is 0.0301. The first-order valence-corrected chi connectivity index (χ1v) is 11.0. The number of thiocarbonyl (C=S) groups is 2. The molecule has 146 valence electrons. The van der Waals surface area contributed by atoms with Crippen LogP contribution in [0.4, 0.5) is 0 Å². The molecule has 0 fully saturated rings. The zero-order valence-electron chi connectivity index (χ0n) is 13.8. The predicted molar refractivity (Wildman–Crippen MR) is 111 cm³/mol. The van der Waals surface area contributed by atoms with Gasteiger partial charge in [-0.2, -0.15) is 21.8 Å². The van der Waals surface area contributed by atoms with E-state index < -0.39 is 35.5 Å². The fourth-order valence-electron chi connectivity index (χ4n) is 2.66. The van der Waals surface area contributed by atoms with E-state index in [1.165, 1.54) is 42.5 Å². The summed E-state index contributed by atoms with van der Waals surface area (Å²) in [6, 6.07) is 5.43. The van der Waals surface area contributed by atoms with E-state index in [0.29, 0.717) is 0 Å². The lowest BCUT2D eigenvalue weighted by atomic mass is 9.85. The quantitative estimate of drug-likeness (QED) is 0.379. The van der Waals surface area contributed by atoms with Crippen molar-refractivity contribution in [1.29, 1.82) is 0 Å². The molecule has 0 amide bonds. The molecule has 2 unspecified atom stereocenters. The summed E-state index contributed by atoms with van der Waals surface area (Å²) in [5.41, 5.74) is -1.92.